The van der Waals surface area contributed by atoms with Gasteiger partial charge in [-0.05, 0) is 17.9 Å². The maximum Gasteiger partial charge on any atom is 0.0699 e. The van der Waals surface area contributed by atoms with Gasteiger partial charge in [0.2, 0.25) is 0 Å². The van der Waals surface area contributed by atoms with Gasteiger partial charge in [0.05, 0.1) is 6.61 Å². The molecule has 0 aliphatic heterocycles. The highest BCUT2D eigenvalue weighted by Gasteiger charge is 2.04. The zero-order valence-corrected chi connectivity index (χ0v) is 8.45. The Labute approximate surface area is 81.7 Å². The molecule has 66 valence electrons. The average molecular weight is 203 g/mol. The molecule has 3 heteroatoms. The molecule has 0 amide bonds. The number of rotatable bonds is 3. The molecule has 0 unspecified atom stereocenters. The van der Waals surface area contributed by atoms with Crippen LogP contribution in [-0.4, -0.2) is 11.4 Å². The Hall–Kier alpha value is -0.180. The highest BCUT2D eigenvalue weighted by Crippen LogP contribution is 2.22. The molecule has 0 radical (unpaired) electrons. The van der Waals surface area contributed by atoms with Crippen molar-refractivity contribution in [3.63, 3.8) is 0 Å². The Balaban J connectivity index is 3.00. The topological polar surface area (TPSA) is 20.2 Å². The van der Waals surface area contributed by atoms with Crippen molar-refractivity contribution < 1.29 is 5.11 Å². The lowest BCUT2D eigenvalue weighted by atomic mass is 10.1. The summed E-state index contributed by atoms with van der Waals surface area (Å²) in [6.45, 7) is 0.0234. The monoisotopic (exact) mass is 202 g/mol. The summed E-state index contributed by atoms with van der Waals surface area (Å²) in [5.74, 6) is 0.899. The maximum absolute atomic E-state index is 9.03. The predicted molar refractivity (Wildman–Crippen MR) is 54.6 cm³/mol. The molecule has 1 N–H and O–H groups in total. The molecule has 0 aliphatic rings. The van der Waals surface area contributed by atoms with Gasteiger partial charge in [-0.15, -0.1) is 0 Å². The molecule has 0 spiro atoms. The number of aliphatic hydroxyl groups is 1. The summed E-state index contributed by atoms with van der Waals surface area (Å²) in [5.41, 5.74) is 1.98. The molecule has 12 heavy (non-hydrogen) atoms. The zero-order valence-electron chi connectivity index (χ0n) is 6.88. The quantitative estimate of drug-likeness (QED) is 0.814. The molecule has 0 saturated heterocycles. The second kappa shape index (κ2) is 4.75. The zero-order chi connectivity index (χ0) is 8.97. The van der Waals surface area contributed by atoms with Crippen LogP contribution in [0.4, 0.5) is 0 Å². The number of aliphatic hydroxyl groups excluding tert-OH is 1. The van der Waals surface area contributed by atoms with Crippen LogP contribution in [0.5, 0.6) is 0 Å². The molecular weight excluding hydrogens is 192 g/mol. The van der Waals surface area contributed by atoms with Crippen molar-refractivity contribution >= 4 is 23.4 Å². The van der Waals surface area contributed by atoms with Crippen molar-refractivity contribution in [2.45, 2.75) is 12.4 Å². The minimum absolute atomic E-state index is 0.0234. The largest absolute Gasteiger partial charge is 0.392 e. The van der Waals surface area contributed by atoms with Crippen LogP contribution < -0.4 is 0 Å². The lowest BCUT2D eigenvalue weighted by molar-refractivity contribution is 0.281. The van der Waals surface area contributed by atoms with Crippen molar-refractivity contribution in [3.05, 3.63) is 34.3 Å². The van der Waals surface area contributed by atoms with E-state index in [9.17, 15) is 0 Å². The van der Waals surface area contributed by atoms with E-state index in [1.807, 2.05) is 18.4 Å². The van der Waals surface area contributed by atoms with Crippen LogP contribution in [-0.2, 0) is 12.4 Å². The van der Waals surface area contributed by atoms with Crippen LogP contribution >= 0.6 is 23.4 Å². The molecule has 1 aromatic carbocycles. The molecule has 1 aromatic rings. The van der Waals surface area contributed by atoms with Crippen LogP contribution in [0.1, 0.15) is 11.1 Å². The first-order chi connectivity index (χ1) is 5.79. The summed E-state index contributed by atoms with van der Waals surface area (Å²) < 4.78 is 0. The lowest BCUT2D eigenvalue weighted by Gasteiger charge is -2.06. The Bertz CT molecular complexity index is 263. The number of thioether (sulfide) groups is 1. The van der Waals surface area contributed by atoms with Crippen molar-refractivity contribution in [2.75, 3.05) is 6.26 Å². The smallest absolute Gasteiger partial charge is 0.0699 e. The Kier molecular flexibility index (Phi) is 3.92. The minimum atomic E-state index is 0.0234. The summed E-state index contributed by atoms with van der Waals surface area (Å²) in [6.07, 6.45) is 2.03. The van der Waals surface area contributed by atoms with E-state index in [0.717, 1.165) is 16.9 Å². The highest BCUT2D eigenvalue weighted by atomic mass is 35.5. The van der Waals surface area contributed by atoms with E-state index in [1.54, 1.807) is 17.8 Å². The van der Waals surface area contributed by atoms with Crippen molar-refractivity contribution in [1.82, 2.24) is 0 Å². The summed E-state index contributed by atoms with van der Waals surface area (Å²) in [6, 6.07) is 5.71. The summed E-state index contributed by atoms with van der Waals surface area (Å²) in [7, 11) is 0. The van der Waals surface area contributed by atoms with Crippen molar-refractivity contribution in [3.8, 4) is 0 Å². The Morgan fingerprint density at radius 1 is 1.50 bits per heavy atom. The van der Waals surface area contributed by atoms with Gasteiger partial charge in [0.1, 0.15) is 0 Å². The molecule has 0 aromatic heterocycles. The fourth-order valence-corrected chi connectivity index (χ4v) is 1.91. The summed E-state index contributed by atoms with van der Waals surface area (Å²) >= 11 is 7.62. The van der Waals surface area contributed by atoms with E-state index in [4.69, 9.17) is 16.7 Å². The van der Waals surface area contributed by atoms with Crippen molar-refractivity contribution in [2.24, 2.45) is 0 Å². The number of halogens is 1. The molecule has 1 rings (SSSR count). The maximum atomic E-state index is 9.03. The van der Waals surface area contributed by atoms with Gasteiger partial charge < -0.3 is 5.11 Å². The van der Waals surface area contributed by atoms with Crippen LogP contribution in [0.2, 0.25) is 5.02 Å². The first kappa shape index (κ1) is 9.90. The highest BCUT2D eigenvalue weighted by molar-refractivity contribution is 7.97. The molecule has 1 nitrogen and oxygen atoms in total. The van der Waals surface area contributed by atoms with Gasteiger partial charge in [-0.2, -0.15) is 11.8 Å². The number of benzene rings is 1. The molecule has 0 atom stereocenters. The van der Waals surface area contributed by atoms with E-state index < -0.39 is 0 Å². The third-order valence-corrected chi connectivity index (χ3v) is 2.63. The van der Waals surface area contributed by atoms with Gasteiger partial charge in [-0.25, -0.2) is 0 Å². The van der Waals surface area contributed by atoms with Crippen molar-refractivity contribution in [1.29, 1.82) is 0 Å². The third-order valence-electron chi connectivity index (χ3n) is 1.67. The molecule has 0 bridgehead atoms. The van der Waals surface area contributed by atoms with Gasteiger partial charge in [-0.3, -0.25) is 0 Å². The fourth-order valence-electron chi connectivity index (χ4n) is 1.07. The molecule has 0 aliphatic carbocycles. The van der Waals surface area contributed by atoms with E-state index in [-0.39, 0.29) is 6.61 Å². The fraction of sp³-hybridized carbons (Fsp3) is 0.333. The van der Waals surface area contributed by atoms with Crippen LogP contribution in [0.15, 0.2) is 18.2 Å². The molecular formula is C9H11ClOS. The summed E-state index contributed by atoms with van der Waals surface area (Å²) in [5, 5.41) is 9.69. The van der Waals surface area contributed by atoms with E-state index in [2.05, 4.69) is 0 Å². The van der Waals surface area contributed by atoms with Crippen LogP contribution in [0.25, 0.3) is 0 Å². The third kappa shape index (κ3) is 2.16. The standard InChI is InChI=1S/C9H11ClOS/c1-12-6-7-3-2-4-9(10)8(7)5-11/h2-4,11H,5-6H2,1H3. The van der Waals surface area contributed by atoms with E-state index in [0.29, 0.717) is 5.02 Å². The van der Waals surface area contributed by atoms with Gasteiger partial charge in [0.25, 0.3) is 0 Å². The Morgan fingerprint density at radius 3 is 2.83 bits per heavy atom. The average Bonchev–Trinajstić information content (AvgIpc) is 2.05. The van der Waals surface area contributed by atoms with Gasteiger partial charge in [0, 0.05) is 16.3 Å². The van der Waals surface area contributed by atoms with Gasteiger partial charge >= 0.3 is 0 Å². The van der Waals surface area contributed by atoms with E-state index in [1.165, 1.54) is 0 Å². The first-order valence-electron chi connectivity index (χ1n) is 3.65. The second-order valence-electron chi connectivity index (χ2n) is 2.47. The van der Waals surface area contributed by atoms with Crippen LogP contribution in [0.3, 0.4) is 0 Å². The lowest BCUT2D eigenvalue weighted by Crippen LogP contribution is -1.92. The van der Waals surface area contributed by atoms with Gasteiger partial charge in [0.15, 0.2) is 0 Å². The molecule has 0 saturated carbocycles. The molecule has 0 heterocycles. The van der Waals surface area contributed by atoms with Crippen LogP contribution in [0, 0.1) is 0 Å². The summed E-state index contributed by atoms with van der Waals surface area (Å²) in [4.78, 5) is 0. The van der Waals surface area contributed by atoms with Gasteiger partial charge in [-0.1, -0.05) is 23.7 Å². The first-order valence-corrected chi connectivity index (χ1v) is 5.43. The minimum Gasteiger partial charge on any atom is -0.392 e. The molecule has 0 fully saturated rings. The van der Waals surface area contributed by atoms with E-state index >= 15 is 0 Å². The Morgan fingerprint density at radius 2 is 2.25 bits per heavy atom. The number of hydrogen-bond donors (Lipinski definition) is 1. The normalized spacial score (nSPS) is 10.2. The second-order valence-corrected chi connectivity index (χ2v) is 3.74. The predicted octanol–water partition coefficient (Wildman–Crippen LogP) is 2.70. The number of hydrogen-bond acceptors (Lipinski definition) is 2. The SMILES string of the molecule is CSCc1cccc(Cl)c1CO.